The highest BCUT2D eigenvalue weighted by molar-refractivity contribution is 5.66. The van der Waals surface area contributed by atoms with Gasteiger partial charge < -0.3 is 24.8 Å². The molecular formula is C18H29N3O4. The Kier molecular flexibility index (Phi) is 7.97. The third-order valence-electron chi connectivity index (χ3n) is 4.33. The Morgan fingerprint density at radius 2 is 2.04 bits per heavy atom. The van der Waals surface area contributed by atoms with E-state index in [1.54, 1.807) is 7.11 Å². The molecule has 1 aromatic rings. The van der Waals surface area contributed by atoms with Crippen molar-refractivity contribution in [3.8, 4) is 5.75 Å². The summed E-state index contributed by atoms with van der Waals surface area (Å²) in [6, 6.07) is 6.47. The minimum absolute atomic E-state index is 0.175. The number of hydrogen-bond acceptors (Lipinski definition) is 6. The number of benzene rings is 1. The average molecular weight is 351 g/mol. The second-order valence-electron chi connectivity index (χ2n) is 6.05. The molecule has 1 atom stereocenters. The van der Waals surface area contributed by atoms with E-state index in [0.29, 0.717) is 13.1 Å². The van der Waals surface area contributed by atoms with Crippen LogP contribution in [0.5, 0.6) is 5.75 Å². The summed E-state index contributed by atoms with van der Waals surface area (Å²) < 4.78 is 15.5. The van der Waals surface area contributed by atoms with Crippen LogP contribution < -0.4 is 15.4 Å². The van der Waals surface area contributed by atoms with Crippen molar-refractivity contribution in [2.45, 2.75) is 19.5 Å². The van der Waals surface area contributed by atoms with Crippen LogP contribution in [0.4, 0.5) is 4.79 Å². The van der Waals surface area contributed by atoms with E-state index in [0.717, 1.165) is 38.6 Å². The summed E-state index contributed by atoms with van der Waals surface area (Å²) in [6.07, 6.45) is -0.410. The Hall–Kier alpha value is -1.83. The molecule has 25 heavy (non-hydrogen) atoms. The lowest BCUT2D eigenvalue weighted by atomic mass is 10.0. The molecule has 1 aromatic carbocycles. The van der Waals surface area contributed by atoms with Gasteiger partial charge >= 0.3 is 6.09 Å². The fraction of sp³-hybridized carbons (Fsp3) is 0.611. The molecule has 2 N–H and O–H groups in total. The molecule has 0 radical (unpaired) electrons. The molecule has 1 aliphatic rings. The molecule has 7 nitrogen and oxygen atoms in total. The van der Waals surface area contributed by atoms with Crippen molar-refractivity contribution in [3.63, 3.8) is 0 Å². The molecule has 0 bridgehead atoms. The van der Waals surface area contributed by atoms with E-state index in [2.05, 4.69) is 39.3 Å². The Bertz CT molecular complexity index is 547. The van der Waals surface area contributed by atoms with Crippen molar-refractivity contribution in [1.82, 2.24) is 15.5 Å². The molecule has 1 unspecified atom stereocenters. The van der Waals surface area contributed by atoms with Crippen molar-refractivity contribution < 1.29 is 19.0 Å². The molecular weight excluding hydrogens is 322 g/mol. The van der Waals surface area contributed by atoms with E-state index >= 15 is 0 Å². The molecule has 1 fully saturated rings. The Morgan fingerprint density at radius 1 is 1.28 bits per heavy atom. The zero-order chi connectivity index (χ0) is 18.1. The van der Waals surface area contributed by atoms with Gasteiger partial charge in [-0.3, -0.25) is 4.90 Å². The maximum atomic E-state index is 11.0. The topological polar surface area (TPSA) is 72.1 Å². The van der Waals surface area contributed by atoms with Gasteiger partial charge in [0.15, 0.2) is 0 Å². The zero-order valence-corrected chi connectivity index (χ0v) is 15.3. The van der Waals surface area contributed by atoms with Gasteiger partial charge in [0.25, 0.3) is 0 Å². The number of amides is 1. The van der Waals surface area contributed by atoms with Crippen LogP contribution in [0.2, 0.25) is 0 Å². The summed E-state index contributed by atoms with van der Waals surface area (Å²) in [5.41, 5.74) is 2.38. The van der Waals surface area contributed by atoms with Crippen LogP contribution in [0, 0.1) is 0 Å². The maximum Gasteiger partial charge on any atom is 0.406 e. The lowest BCUT2D eigenvalue weighted by molar-refractivity contribution is 0.0338. The largest absolute Gasteiger partial charge is 0.496 e. The summed E-state index contributed by atoms with van der Waals surface area (Å²) in [5, 5.41) is 6.06. The quantitative estimate of drug-likeness (QED) is 0.692. The number of carbonyl (C=O) groups is 1. The minimum Gasteiger partial charge on any atom is -0.496 e. The minimum atomic E-state index is -0.410. The van der Waals surface area contributed by atoms with E-state index in [1.807, 2.05) is 6.07 Å². The average Bonchev–Trinajstić information content (AvgIpc) is 2.65. The predicted octanol–water partition coefficient (Wildman–Crippen LogP) is 1.53. The van der Waals surface area contributed by atoms with E-state index in [-0.39, 0.29) is 6.04 Å². The van der Waals surface area contributed by atoms with Gasteiger partial charge in [-0.05, 0) is 24.6 Å². The van der Waals surface area contributed by atoms with Crippen LogP contribution in [0.25, 0.3) is 0 Å². The van der Waals surface area contributed by atoms with Gasteiger partial charge in [0, 0.05) is 44.3 Å². The monoisotopic (exact) mass is 351 g/mol. The Morgan fingerprint density at radius 3 is 2.72 bits per heavy atom. The smallest absolute Gasteiger partial charge is 0.406 e. The highest BCUT2D eigenvalue weighted by atomic mass is 16.5. The highest BCUT2D eigenvalue weighted by Crippen LogP contribution is 2.25. The standard InChI is InChI=1S/C18H29N3O4/c1-14(19-6-7-20-18(22)24-3)15-4-5-17(23-2)16(12-15)13-21-8-10-25-11-9-21/h4-5,12,14,19H,6-11,13H2,1-3H3,(H,20,22). The molecule has 1 aliphatic heterocycles. The highest BCUT2D eigenvalue weighted by Gasteiger charge is 2.15. The van der Waals surface area contributed by atoms with E-state index in [4.69, 9.17) is 9.47 Å². The number of hydrogen-bond donors (Lipinski definition) is 2. The lowest BCUT2D eigenvalue weighted by Crippen LogP contribution is -2.35. The van der Waals surface area contributed by atoms with Crippen molar-refractivity contribution in [1.29, 1.82) is 0 Å². The molecule has 1 heterocycles. The summed E-state index contributed by atoms with van der Waals surface area (Å²) in [6.45, 7) is 7.62. The van der Waals surface area contributed by atoms with Crippen LogP contribution in [-0.2, 0) is 16.0 Å². The van der Waals surface area contributed by atoms with E-state index in [1.165, 1.54) is 18.2 Å². The van der Waals surface area contributed by atoms with Crippen LogP contribution in [-0.4, -0.2) is 64.6 Å². The zero-order valence-electron chi connectivity index (χ0n) is 15.3. The molecule has 0 aromatic heterocycles. The third-order valence-corrected chi connectivity index (χ3v) is 4.33. The van der Waals surface area contributed by atoms with Gasteiger partial charge in [0.2, 0.25) is 0 Å². The maximum absolute atomic E-state index is 11.0. The number of morpholine rings is 1. The van der Waals surface area contributed by atoms with Crippen molar-refractivity contribution in [3.05, 3.63) is 29.3 Å². The fourth-order valence-electron chi connectivity index (χ4n) is 2.83. The van der Waals surface area contributed by atoms with Crippen LogP contribution in [0.3, 0.4) is 0 Å². The summed E-state index contributed by atoms with van der Waals surface area (Å²) in [4.78, 5) is 13.4. The lowest BCUT2D eigenvalue weighted by Gasteiger charge is -2.27. The van der Waals surface area contributed by atoms with E-state index < -0.39 is 6.09 Å². The number of nitrogens with zero attached hydrogens (tertiary/aromatic N) is 1. The molecule has 1 saturated heterocycles. The number of rotatable bonds is 8. The van der Waals surface area contributed by atoms with Gasteiger partial charge in [0.1, 0.15) is 5.75 Å². The van der Waals surface area contributed by atoms with Crippen molar-refractivity contribution in [2.75, 3.05) is 53.6 Å². The predicted molar refractivity (Wildman–Crippen MR) is 95.9 cm³/mol. The number of nitrogens with one attached hydrogen (secondary N) is 2. The molecule has 0 saturated carbocycles. The van der Waals surface area contributed by atoms with Gasteiger partial charge in [-0.1, -0.05) is 6.07 Å². The van der Waals surface area contributed by atoms with Gasteiger partial charge in [-0.2, -0.15) is 0 Å². The molecule has 2 rings (SSSR count). The first kappa shape index (κ1) is 19.5. The third kappa shape index (κ3) is 6.19. The molecule has 0 aliphatic carbocycles. The summed E-state index contributed by atoms with van der Waals surface area (Å²) in [7, 11) is 3.07. The number of ether oxygens (including phenoxy) is 3. The first-order chi connectivity index (χ1) is 12.1. The molecule has 7 heteroatoms. The first-order valence-electron chi connectivity index (χ1n) is 8.66. The van der Waals surface area contributed by atoms with Gasteiger partial charge in [-0.15, -0.1) is 0 Å². The molecule has 140 valence electrons. The van der Waals surface area contributed by atoms with Gasteiger partial charge in [0.05, 0.1) is 27.4 Å². The molecule has 0 spiro atoms. The Balaban J connectivity index is 1.93. The van der Waals surface area contributed by atoms with Crippen LogP contribution in [0.1, 0.15) is 24.1 Å². The van der Waals surface area contributed by atoms with Crippen LogP contribution >= 0.6 is 0 Å². The summed E-state index contributed by atoms with van der Waals surface area (Å²) >= 11 is 0. The SMILES string of the molecule is COC(=O)NCCNC(C)c1ccc(OC)c(CN2CCOCC2)c1. The Labute approximate surface area is 149 Å². The van der Waals surface area contributed by atoms with Crippen molar-refractivity contribution >= 4 is 6.09 Å². The number of carbonyl (C=O) groups excluding carboxylic acids is 1. The summed E-state index contributed by atoms with van der Waals surface area (Å²) in [5.74, 6) is 0.912. The van der Waals surface area contributed by atoms with Crippen LogP contribution in [0.15, 0.2) is 18.2 Å². The normalized spacial score (nSPS) is 16.3. The van der Waals surface area contributed by atoms with E-state index in [9.17, 15) is 4.79 Å². The molecule has 1 amide bonds. The number of methoxy groups -OCH3 is 2. The first-order valence-corrected chi connectivity index (χ1v) is 8.66. The van der Waals surface area contributed by atoms with Gasteiger partial charge in [-0.25, -0.2) is 4.79 Å². The number of alkyl carbamates (subject to hydrolysis) is 1. The second-order valence-corrected chi connectivity index (χ2v) is 6.05. The van der Waals surface area contributed by atoms with Crippen molar-refractivity contribution in [2.24, 2.45) is 0 Å². The fourth-order valence-corrected chi connectivity index (χ4v) is 2.83. The second kappa shape index (κ2) is 10.2.